The zero-order chi connectivity index (χ0) is 26.6. The molecule has 1 aliphatic rings. The van der Waals surface area contributed by atoms with Crippen molar-refractivity contribution in [3.8, 4) is 22.9 Å². The zero-order valence-electron chi connectivity index (χ0n) is 20.3. The Bertz CT molecular complexity index is 1720. The lowest BCUT2D eigenvalue weighted by Gasteiger charge is -2.23. The molecule has 3 aromatic carbocycles. The summed E-state index contributed by atoms with van der Waals surface area (Å²) in [4.78, 5) is 18.5. The molecule has 0 amide bonds. The molecule has 0 unspecified atom stereocenters. The first kappa shape index (κ1) is 23.8. The number of carboxylic acid groups (broad SMARTS) is 1. The monoisotopic (exact) mass is 517 g/mol. The van der Waals surface area contributed by atoms with Crippen LogP contribution in [0.15, 0.2) is 60.9 Å². The minimum atomic E-state index is -1.10. The number of fused-ring (bicyclic) bond motifs is 4. The van der Waals surface area contributed by atoms with E-state index in [0.717, 1.165) is 16.8 Å². The van der Waals surface area contributed by atoms with E-state index in [1.807, 2.05) is 17.6 Å². The Morgan fingerprint density at radius 1 is 1.16 bits per heavy atom. The average molecular weight is 518 g/mol. The van der Waals surface area contributed by atoms with Crippen LogP contribution in [0.5, 0.6) is 11.5 Å². The minimum absolute atomic E-state index is 0.129. The molecule has 6 nitrogen and oxygen atoms in total. The van der Waals surface area contributed by atoms with Crippen molar-refractivity contribution < 1.29 is 27.8 Å². The maximum atomic E-state index is 15.2. The Hall–Kier alpha value is -4.53. The third-order valence-corrected chi connectivity index (χ3v) is 7.10. The van der Waals surface area contributed by atoms with Gasteiger partial charge in [-0.3, -0.25) is 4.79 Å². The van der Waals surface area contributed by atoms with Crippen LogP contribution in [0.3, 0.4) is 0 Å². The summed E-state index contributed by atoms with van der Waals surface area (Å²) in [5.41, 5.74) is 3.40. The number of carbonyl (C=O) groups is 1. The molecule has 1 atom stereocenters. The quantitative estimate of drug-likeness (QED) is 0.267. The first-order chi connectivity index (χ1) is 18.3. The molecular weight excluding hydrogens is 495 g/mol. The molecule has 0 fully saturated rings. The lowest BCUT2D eigenvalue weighted by atomic mass is 9.94. The van der Waals surface area contributed by atoms with Crippen molar-refractivity contribution >= 4 is 16.9 Å². The Kier molecular flexibility index (Phi) is 5.71. The Morgan fingerprint density at radius 3 is 2.82 bits per heavy atom. The topological polar surface area (TPSA) is 80.1 Å². The number of aromatic nitrogens is 3. The van der Waals surface area contributed by atoms with Crippen LogP contribution >= 0.6 is 0 Å². The molecule has 0 spiro atoms. The number of rotatable bonds is 6. The smallest absolute Gasteiger partial charge is 0.307 e. The highest BCUT2D eigenvalue weighted by atomic mass is 19.1. The van der Waals surface area contributed by atoms with Crippen LogP contribution in [0.1, 0.15) is 35.2 Å². The van der Waals surface area contributed by atoms with Crippen molar-refractivity contribution in [1.82, 2.24) is 14.5 Å². The molecule has 2 N–H and O–H groups in total. The van der Waals surface area contributed by atoms with Crippen LogP contribution in [-0.2, 0) is 24.2 Å². The van der Waals surface area contributed by atoms with Gasteiger partial charge in [-0.15, -0.1) is 0 Å². The van der Waals surface area contributed by atoms with E-state index in [1.165, 1.54) is 24.4 Å². The molecule has 1 aliphatic heterocycles. The SMILES string of the molecule is C[C@@H](c1cccc(CC(=O)O)c1F)c1cnc2n1CCc1ccc(Oc3c(F)cc4[nH]ccc4c3F)cc1-2. The Balaban J connectivity index is 1.35. The molecule has 38 heavy (non-hydrogen) atoms. The van der Waals surface area contributed by atoms with Gasteiger partial charge in [0, 0.05) is 47.6 Å². The third-order valence-electron chi connectivity index (χ3n) is 7.10. The standard InChI is InChI=1S/C29H22F3N3O3/c1-15(19-4-2-3-17(26(19)31)11-25(36)37)24-14-34-29-21-12-18(6-5-16(21)8-10-35(24)29)38-28-22(30)13-23-20(27(28)32)7-9-33-23/h2-7,9,12-15,33H,8,10-11H2,1H3,(H,36,37)/t15-/m0/s1. The fraction of sp³-hybridized carbons (Fsp3) is 0.172. The van der Waals surface area contributed by atoms with E-state index in [4.69, 9.17) is 9.84 Å². The van der Waals surface area contributed by atoms with E-state index >= 15 is 4.39 Å². The summed E-state index contributed by atoms with van der Waals surface area (Å²) in [6, 6.07) is 12.7. The number of carboxylic acids is 1. The fourth-order valence-corrected chi connectivity index (χ4v) is 5.18. The number of nitrogens with zero attached hydrogens (tertiary/aromatic N) is 2. The predicted molar refractivity (Wildman–Crippen MR) is 135 cm³/mol. The molecular formula is C29H22F3N3O3. The molecule has 0 saturated heterocycles. The van der Waals surface area contributed by atoms with Crippen molar-refractivity contribution in [1.29, 1.82) is 0 Å². The predicted octanol–water partition coefficient (Wildman–Crippen LogP) is 6.58. The van der Waals surface area contributed by atoms with Gasteiger partial charge in [-0.25, -0.2) is 18.2 Å². The lowest BCUT2D eigenvalue weighted by molar-refractivity contribution is -0.136. The number of nitrogens with one attached hydrogen (secondary N) is 1. The summed E-state index contributed by atoms with van der Waals surface area (Å²) in [5, 5.41) is 9.33. The van der Waals surface area contributed by atoms with Crippen LogP contribution in [0.2, 0.25) is 0 Å². The molecule has 6 rings (SSSR count). The van der Waals surface area contributed by atoms with Gasteiger partial charge in [0.25, 0.3) is 0 Å². The number of H-pyrrole nitrogens is 1. The van der Waals surface area contributed by atoms with Gasteiger partial charge in [-0.05, 0) is 41.3 Å². The van der Waals surface area contributed by atoms with Gasteiger partial charge in [0.1, 0.15) is 17.4 Å². The average Bonchev–Trinajstić information content (AvgIpc) is 3.54. The van der Waals surface area contributed by atoms with Gasteiger partial charge in [-0.2, -0.15) is 0 Å². The maximum Gasteiger partial charge on any atom is 0.307 e. The van der Waals surface area contributed by atoms with E-state index < -0.39 is 35.6 Å². The number of benzene rings is 3. The number of imidazole rings is 1. The highest BCUT2D eigenvalue weighted by Crippen LogP contribution is 2.39. The molecule has 5 aromatic rings. The normalized spacial score (nSPS) is 13.3. The summed E-state index contributed by atoms with van der Waals surface area (Å²) < 4.78 is 52.4. The van der Waals surface area contributed by atoms with Gasteiger partial charge in [0.05, 0.1) is 11.9 Å². The second-order valence-electron chi connectivity index (χ2n) is 9.38. The van der Waals surface area contributed by atoms with Crippen LogP contribution in [0, 0.1) is 17.5 Å². The van der Waals surface area contributed by atoms with Crippen molar-refractivity contribution in [2.24, 2.45) is 0 Å². The van der Waals surface area contributed by atoms with Crippen molar-refractivity contribution in [2.45, 2.75) is 32.2 Å². The van der Waals surface area contributed by atoms with Gasteiger partial charge in [0.15, 0.2) is 17.4 Å². The molecule has 192 valence electrons. The number of hydrogen-bond donors (Lipinski definition) is 2. The van der Waals surface area contributed by atoms with Gasteiger partial charge in [0.2, 0.25) is 0 Å². The second-order valence-corrected chi connectivity index (χ2v) is 9.38. The molecule has 0 bridgehead atoms. The number of ether oxygens (including phenoxy) is 1. The van der Waals surface area contributed by atoms with Crippen LogP contribution < -0.4 is 4.74 Å². The summed E-state index contributed by atoms with van der Waals surface area (Å²) in [5.74, 6) is -3.21. The number of aliphatic carboxylic acids is 1. The van der Waals surface area contributed by atoms with E-state index in [1.54, 1.807) is 30.5 Å². The summed E-state index contributed by atoms with van der Waals surface area (Å²) in [6.45, 7) is 2.47. The number of aromatic amines is 1. The summed E-state index contributed by atoms with van der Waals surface area (Å²) in [7, 11) is 0. The Morgan fingerprint density at radius 2 is 2.00 bits per heavy atom. The van der Waals surface area contributed by atoms with Gasteiger partial charge < -0.3 is 19.4 Å². The lowest BCUT2D eigenvalue weighted by Crippen LogP contribution is -2.16. The van der Waals surface area contributed by atoms with E-state index in [9.17, 15) is 13.6 Å². The van der Waals surface area contributed by atoms with Crippen LogP contribution in [0.4, 0.5) is 13.2 Å². The first-order valence-electron chi connectivity index (χ1n) is 12.1. The Labute approximate surface area is 215 Å². The fourth-order valence-electron chi connectivity index (χ4n) is 5.18. The van der Waals surface area contributed by atoms with Crippen molar-refractivity contribution in [3.63, 3.8) is 0 Å². The van der Waals surface area contributed by atoms with Crippen LogP contribution in [-0.4, -0.2) is 25.6 Å². The van der Waals surface area contributed by atoms with Gasteiger partial charge in [-0.1, -0.05) is 31.2 Å². The number of hydrogen-bond acceptors (Lipinski definition) is 3. The van der Waals surface area contributed by atoms with Gasteiger partial charge >= 0.3 is 5.97 Å². The highest BCUT2D eigenvalue weighted by Gasteiger charge is 2.26. The summed E-state index contributed by atoms with van der Waals surface area (Å²) in [6.07, 6.45) is 3.50. The minimum Gasteiger partial charge on any atom is -0.481 e. The molecule has 0 aliphatic carbocycles. The van der Waals surface area contributed by atoms with E-state index in [-0.39, 0.29) is 22.6 Å². The van der Waals surface area contributed by atoms with Crippen molar-refractivity contribution in [3.05, 3.63) is 101 Å². The maximum absolute atomic E-state index is 15.2. The molecule has 2 aromatic heterocycles. The largest absolute Gasteiger partial charge is 0.481 e. The first-order valence-corrected chi connectivity index (χ1v) is 12.1. The van der Waals surface area contributed by atoms with Crippen LogP contribution in [0.25, 0.3) is 22.3 Å². The number of halogens is 3. The third kappa shape index (κ3) is 3.91. The second kappa shape index (κ2) is 9.09. The highest BCUT2D eigenvalue weighted by molar-refractivity contribution is 5.82. The summed E-state index contributed by atoms with van der Waals surface area (Å²) >= 11 is 0. The zero-order valence-corrected chi connectivity index (χ0v) is 20.3. The molecule has 0 saturated carbocycles. The van der Waals surface area contributed by atoms with Crippen molar-refractivity contribution in [2.75, 3.05) is 0 Å². The molecule has 0 radical (unpaired) electrons. The number of aryl methyl sites for hydroxylation is 1. The van der Waals surface area contributed by atoms with E-state index in [0.29, 0.717) is 29.9 Å². The molecule has 3 heterocycles. The van der Waals surface area contributed by atoms with E-state index in [2.05, 4.69) is 9.97 Å². The molecule has 9 heteroatoms.